The molecule has 0 aliphatic heterocycles. The van der Waals surface area contributed by atoms with Crippen molar-refractivity contribution in [1.29, 1.82) is 0 Å². The summed E-state index contributed by atoms with van der Waals surface area (Å²) < 4.78 is 0. The second kappa shape index (κ2) is 4.62. The number of rotatable bonds is 3. The van der Waals surface area contributed by atoms with Gasteiger partial charge >= 0.3 is 0 Å². The molecule has 2 aromatic rings. The SMILES string of the molecule is C=C(C)c1ccc2c(/C(=C/C)CC)c[nH]c2c1. The summed E-state index contributed by atoms with van der Waals surface area (Å²) >= 11 is 0. The van der Waals surface area contributed by atoms with Crippen LogP contribution in [0.2, 0.25) is 0 Å². The number of allylic oxidation sites excluding steroid dienone is 3. The summed E-state index contributed by atoms with van der Waals surface area (Å²) in [6.07, 6.45) is 5.35. The van der Waals surface area contributed by atoms with Gasteiger partial charge in [0.05, 0.1) is 0 Å². The highest BCUT2D eigenvalue weighted by molar-refractivity contribution is 5.94. The molecule has 1 heteroatoms. The van der Waals surface area contributed by atoms with E-state index in [4.69, 9.17) is 0 Å². The van der Waals surface area contributed by atoms with Crippen molar-refractivity contribution in [1.82, 2.24) is 4.98 Å². The van der Waals surface area contributed by atoms with Gasteiger partial charge in [0, 0.05) is 22.7 Å². The monoisotopic (exact) mass is 225 g/mol. The molecule has 0 saturated carbocycles. The van der Waals surface area contributed by atoms with E-state index < -0.39 is 0 Å². The Labute approximate surface area is 103 Å². The molecule has 1 aromatic heterocycles. The number of hydrogen-bond donors (Lipinski definition) is 1. The van der Waals surface area contributed by atoms with Gasteiger partial charge < -0.3 is 4.98 Å². The molecule has 1 N–H and O–H groups in total. The van der Waals surface area contributed by atoms with Gasteiger partial charge in [-0.25, -0.2) is 0 Å². The van der Waals surface area contributed by atoms with E-state index in [2.05, 4.69) is 55.9 Å². The molecule has 0 fully saturated rings. The first kappa shape index (κ1) is 11.7. The molecule has 0 bridgehead atoms. The zero-order valence-electron chi connectivity index (χ0n) is 10.8. The molecule has 0 aliphatic carbocycles. The number of hydrogen-bond acceptors (Lipinski definition) is 0. The molecule has 0 amide bonds. The maximum atomic E-state index is 3.98. The van der Waals surface area contributed by atoms with Crippen molar-refractivity contribution in [2.75, 3.05) is 0 Å². The highest BCUT2D eigenvalue weighted by atomic mass is 14.7. The fourth-order valence-electron chi connectivity index (χ4n) is 2.21. The van der Waals surface area contributed by atoms with E-state index in [1.807, 2.05) is 6.92 Å². The van der Waals surface area contributed by atoms with E-state index in [9.17, 15) is 0 Å². The molecular formula is C16H19N. The van der Waals surface area contributed by atoms with Crippen LogP contribution in [-0.2, 0) is 0 Å². The average Bonchev–Trinajstić information content (AvgIpc) is 2.74. The molecule has 0 radical (unpaired) electrons. The van der Waals surface area contributed by atoms with E-state index in [1.54, 1.807) is 0 Å². The fraction of sp³-hybridized carbons (Fsp3) is 0.250. The van der Waals surface area contributed by atoms with Gasteiger partial charge in [-0.1, -0.05) is 37.3 Å². The molecule has 2 rings (SSSR count). The third-order valence-corrected chi connectivity index (χ3v) is 3.25. The van der Waals surface area contributed by atoms with Gasteiger partial charge in [0.2, 0.25) is 0 Å². The Kier molecular flexibility index (Phi) is 3.19. The van der Waals surface area contributed by atoms with Crippen LogP contribution in [-0.4, -0.2) is 4.98 Å². The second-order valence-corrected chi connectivity index (χ2v) is 4.41. The molecule has 0 aliphatic rings. The number of H-pyrrole nitrogens is 1. The lowest BCUT2D eigenvalue weighted by molar-refractivity contribution is 1.24. The Morgan fingerprint density at radius 2 is 2.18 bits per heavy atom. The van der Waals surface area contributed by atoms with Crippen molar-refractivity contribution in [3.05, 3.63) is 48.2 Å². The Balaban J connectivity index is 2.59. The summed E-state index contributed by atoms with van der Waals surface area (Å²) in [7, 11) is 0. The number of fused-ring (bicyclic) bond motifs is 1. The quantitative estimate of drug-likeness (QED) is 0.755. The molecule has 0 atom stereocenters. The number of nitrogens with one attached hydrogen (secondary N) is 1. The number of aromatic nitrogens is 1. The minimum atomic E-state index is 1.06. The van der Waals surface area contributed by atoms with Gasteiger partial charge in [-0.3, -0.25) is 0 Å². The van der Waals surface area contributed by atoms with Crippen molar-refractivity contribution < 1.29 is 0 Å². The minimum Gasteiger partial charge on any atom is -0.361 e. The summed E-state index contributed by atoms with van der Waals surface area (Å²) in [5, 5.41) is 1.30. The Bertz CT molecular complexity index is 585. The fourth-order valence-corrected chi connectivity index (χ4v) is 2.21. The standard InChI is InChI=1S/C16H19N/c1-5-12(6-2)15-10-17-16-9-13(11(3)4)7-8-14(15)16/h5,7-10,17H,3,6H2,1-2,4H3/b12-5+. The second-order valence-electron chi connectivity index (χ2n) is 4.41. The molecule has 1 nitrogen and oxygen atoms in total. The summed E-state index contributed by atoms with van der Waals surface area (Å²) in [5.41, 5.74) is 6.19. The van der Waals surface area contributed by atoms with Gasteiger partial charge in [-0.15, -0.1) is 0 Å². The maximum Gasteiger partial charge on any atom is 0.0466 e. The van der Waals surface area contributed by atoms with E-state index in [0.29, 0.717) is 0 Å². The Hall–Kier alpha value is -1.76. The first-order chi connectivity index (χ1) is 8.17. The first-order valence-corrected chi connectivity index (χ1v) is 6.10. The van der Waals surface area contributed by atoms with Crippen molar-refractivity contribution in [2.45, 2.75) is 27.2 Å². The highest BCUT2D eigenvalue weighted by Gasteiger charge is 2.07. The molecular weight excluding hydrogens is 206 g/mol. The largest absolute Gasteiger partial charge is 0.361 e. The van der Waals surface area contributed by atoms with E-state index in [-0.39, 0.29) is 0 Å². The maximum absolute atomic E-state index is 3.98. The topological polar surface area (TPSA) is 15.8 Å². The molecule has 0 unspecified atom stereocenters. The third kappa shape index (κ3) is 2.05. The van der Waals surface area contributed by atoms with Crippen molar-refractivity contribution in [3.8, 4) is 0 Å². The van der Waals surface area contributed by atoms with Gasteiger partial charge in [-0.2, -0.15) is 0 Å². The van der Waals surface area contributed by atoms with Gasteiger partial charge in [-0.05, 0) is 37.5 Å². The molecule has 0 saturated heterocycles. The van der Waals surface area contributed by atoms with Crippen molar-refractivity contribution in [2.24, 2.45) is 0 Å². The van der Waals surface area contributed by atoms with Crippen LogP contribution in [0.3, 0.4) is 0 Å². The predicted molar refractivity (Wildman–Crippen MR) is 76.9 cm³/mol. The van der Waals surface area contributed by atoms with E-state index in [1.165, 1.54) is 27.6 Å². The zero-order valence-corrected chi connectivity index (χ0v) is 10.8. The van der Waals surface area contributed by atoms with Crippen LogP contribution < -0.4 is 0 Å². The molecule has 0 spiro atoms. The predicted octanol–water partition coefficient (Wildman–Crippen LogP) is 5.01. The van der Waals surface area contributed by atoms with Crippen LogP contribution in [0.25, 0.3) is 22.0 Å². The van der Waals surface area contributed by atoms with Crippen LogP contribution in [0.1, 0.15) is 38.3 Å². The normalized spacial score (nSPS) is 12.1. The number of aromatic amines is 1. The molecule has 17 heavy (non-hydrogen) atoms. The van der Waals surface area contributed by atoms with Crippen molar-refractivity contribution >= 4 is 22.0 Å². The summed E-state index contributed by atoms with van der Waals surface area (Å²) in [6, 6.07) is 6.50. The third-order valence-electron chi connectivity index (χ3n) is 3.25. The van der Waals surface area contributed by atoms with Crippen LogP contribution in [0.15, 0.2) is 37.1 Å². The minimum absolute atomic E-state index is 1.06. The van der Waals surface area contributed by atoms with Crippen molar-refractivity contribution in [3.63, 3.8) is 0 Å². The Morgan fingerprint density at radius 3 is 2.76 bits per heavy atom. The molecule has 1 heterocycles. The van der Waals surface area contributed by atoms with Crippen LogP contribution >= 0.6 is 0 Å². The van der Waals surface area contributed by atoms with E-state index >= 15 is 0 Å². The zero-order chi connectivity index (χ0) is 12.4. The average molecular weight is 225 g/mol. The first-order valence-electron chi connectivity index (χ1n) is 6.10. The van der Waals surface area contributed by atoms with Gasteiger partial charge in [0.25, 0.3) is 0 Å². The summed E-state index contributed by atoms with van der Waals surface area (Å²) in [6.45, 7) is 10.3. The number of benzene rings is 1. The molecule has 1 aromatic carbocycles. The lowest BCUT2D eigenvalue weighted by Crippen LogP contribution is -1.81. The van der Waals surface area contributed by atoms with Gasteiger partial charge in [0.15, 0.2) is 0 Å². The highest BCUT2D eigenvalue weighted by Crippen LogP contribution is 2.28. The Morgan fingerprint density at radius 1 is 1.41 bits per heavy atom. The van der Waals surface area contributed by atoms with E-state index in [0.717, 1.165) is 12.0 Å². The summed E-state index contributed by atoms with van der Waals surface area (Å²) in [5.74, 6) is 0. The van der Waals surface area contributed by atoms with Crippen LogP contribution in [0.5, 0.6) is 0 Å². The van der Waals surface area contributed by atoms with Crippen LogP contribution in [0, 0.1) is 0 Å². The molecule has 88 valence electrons. The van der Waals surface area contributed by atoms with Gasteiger partial charge in [0.1, 0.15) is 0 Å². The lowest BCUT2D eigenvalue weighted by atomic mass is 10.0. The van der Waals surface area contributed by atoms with Crippen LogP contribution in [0.4, 0.5) is 0 Å². The lowest BCUT2D eigenvalue weighted by Gasteiger charge is -2.03. The smallest absolute Gasteiger partial charge is 0.0466 e. The summed E-state index contributed by atoms with van der Waals surface area (Å²) in [4.78, 5) is 3.35.